The zero-order valence-corrected chi connectivity index (χ0v) is 13.1. The molecule has 0 saturated carbocycles. The van der Waals surface area contributed by atoms with Gasteiger partial charge in [0.15, 0.2) is 5.13 Å². The quantitative estimate of drug-likeness (QED) is 0.820. The van der Waals surface area contributed by atoms with Crippen molar-refractivity contribution in [2.24, 2.45) is 0 Å². The average molecular weight is 311 g/mol. The third-order valence-corrected chi connectivity index (χ3v) is 4.92. The number of nitrogens with zero attached hydrogens (tertiary/aromatic N) is 2. The van der Waals surface area contributed by atoms with Crippen molar-refractivity contribution in [3.05, 3.63) is 27.2 Å². The van der Waals surface area contributed by atoms with Crippen LogP contribution < -0.4 is 5.32 Å². The van der Waals surface area contributed by atoms with Crippen molar-refractivity contribution in [2.75, 3.05) is 5.32 Å². The van der Waals surface area contributed by atoms with Crippen LogP contribution in [-0.2, 0) is 17.6 Å². The van der Waals surface area contributed by atoms with Gasteiger partial charge in [-0.1, -0.05) is 6.92 Å². The van der Waals surface area contributed by atoms with Gasteiger partial charge in [0.25, 0.3) is 0 Å². The van der Waals surface area contributed by atoms with Gasteiger partial charge in [-0.3, -0.25) is 4.79 Å². The van der Waals surface area contributed by atoms with Crippen molar-refractivity contribution >= 4 is 33.8 Å². The fraction of sp³-hybridized carbons (Fsp3) is 0.462. The maximum atomic E-state index is 10.5. The Hall–Kier alpha value is -1.47. The summed E-state index contributed by atoms with van der Waals surface area (Å²) in [6, 6.07) is 0.110. The van der Waals surface area contributed by atoms with E-state index in [1.807, 2.05) is 11.6 Å². The topological polar surface area (TPSA) is 75.1 Å². The summed E-state index contributed by atoms with van der Waals surface area (Å²) in [6.07, 6.45) is 3.50. The molecule has 0 saturated heterocycles. The highest BCUT2D eigenvalue weighted by Gasteiger charge is 2.12. The molecule has 2 rings (SSSR count). The summed E-state index contributed by atoms with van der Waals surface area (Å²) >= 11 is 3.21. The Morgan fingerprint density at radius 1 is 1.55 bits per heavy atom. The lowest BCUT2D eigenvalue weighted by Crippen LogP contribution is -2.06. The van der Waals surface area contributed by atoms with Crippen molar-refractivity contribution in [2.45, 2.75) is 39.2 Å². The molecule has 0 aromatic carbocycles. The lowest BCUT2D eigenvalue weighted by molar-refractivity contribution is -0.136. The van der Waals surface area contributed by atoms with Gasteiger partial charge in [-0.2, -0.15) is 0 Å². The van der Waals surface area contributed by atoms with Crippen molar-refractivity contribution in [1.82, 2.24) is 9.97 Å². The minimum atomic E-state index is -0.796. The predicted octanol–water partition coefficient (Wildman–Crippen LogP) is 3.35. The van der Waals surface area contributed by atoms with Crippen LogP contribution in [0.2, 0.25) is 0 Å². The van der Waals surface area contributed by atoms with Gasteiger partial charge in [0, 0.05) is 22.9 Å². The molecule has 0 fully saturated rings. The van der Waals surface area contributed by atoms with Gasteiger partial charge in [0.1, 0.15) is 5.01 Å². The van der Waals surface area contributed by atoms with E-state index in [0.29, 0.717) is 6.42 Å². The number of thiazole rings is 2. The predicted molar refractivity (Wildman–Crippen MR) is 81.6 cm³/mol. The number of aromatic nitrogens is 2. The first-order valence-corrected chi connectivity index (χ1v) is 8.15. The SMILES string of the molecule is CCc1cnc(C(C)Nc2nc(CCC(=O)O)cs2)s1. The molecule has 0 aliphatic carbocycles. The summed E-state index contributed by atoms with van der Waals surface area (Å²) in [5, 5.41) is 15.7. The highest BCUT2D eigenvalue weighted by atomic mass is 32.1. The molecule has 0 amide bonds. The minimum absolute atomic E-state index is 0.110. The van der Waals surface area contributed by atoms with Gasteiger partial charge in [-0.05, 0) is 13.3 Å². The second-order valence-corrected chi connectivity index (χ2v) is 6.43. The van der Waals surface area contributed by atoms with Crippen LogP contribution >= 0.6 is 22.7 Å². The van der Waals surface area contributed by atoms with E-state index in [-0.39, 0.29) is 12.5 Å². The molecule has 0 aliphatic heterocycles. The number of nitrogens with one attached hydrogen (secondary N) is 1. The Balaban J connectivity index is 1.94. The number of rotatable bonds is 7. The number of carbonyl (C=O) groups is 1. The Kier molecular flexibility index (Phi) is 5.08. The first-order valence-electron chi connectivity index (χ1n) is 6.45. The van der Waals surface area contributed by atoms with Crippen LogP contribution in [0.3, 0.4) is 0 Å². The Morgan fingerprint density at radius 2 is 2.35 bits per heavy atom. The molecule has 0 aliphatic rings. The molecule has 0 radical (unpaired) electrons. The molecular formula is C13H17N3O2S2. The summed E-state index contributed by atoms with van der Waals surface area (Å²) in [6.45, 7) is 4.17. The van der Waals surface area contributed by atoms with E-state index in [4.69, 9.17) is 5.11 Å². The highest BCUT2D eigenvalue weighted by Crippen LogP contribution is 2.26. The summed E-state index contributed by atoms with van der Waals surface area (Å²) in [5.74, 6) is -0.796. The summed E-state index contributed by atoms with van der Waals surface area (Å²) < 4.78 is 0. The third kappa shape index (κ3) is 4.01. The van der Waals surface area contributed by atoms with Crippen LogP contribution in [0, 0.1) is 0 Å². The van der Waals surface area contributed by atoms with Gasteiger partial charge in [-0.15, -0.1) is 22.7 Å². The van der Waals surface area contributed by atoms with E-state index in [9.17, 15) is 4.79 Å². The van der Waals surface area contributed by atoms with Crippen LogP contribution in [0.25, 0.3) is 0 Å². The van der Waals surface area contributed by atoms with E-state index < -0.39 is 5.97 Å². The van der Waals surface area contributed by atoms with Crippen LogP contribution in [0.5, 0.6) is 0 Å². The van der Waals surface area contributed by atoms with E-state index in [1.54, 1.807) is 11.3 Å². The lowest BCUT2D eigenvalue weighted by atomic mass is 10.2. The van der Waals surface area contributed by atoms with Crippen LogP contribution in [-0.4, -0.2) is 21.0 Å². The summed E-state index contributed by atoms with van der Waals surface area (Å²) in [5.41, 5.74) is 0.820. The lowest BCUT2D eigenvalue weighted by Gasteiger charge is -2.09. The number of aryl methyl sites for hydroxylation is 2. The molecule has 1 unspecified atom stereocenters. The maximum Gasteiger partial charge on any atom is 0.303 e. The molecule has 7 heteroatoms. The number of anilines is 1. The maximum absolute atomic E-state index is 10.5. The molecule has 5 nitrogen and oxygen atoms in total. The van der Waals surface area contributed by atoms with E-state index >= 15 is 0 Å². The summed E-state index contributed by atoms with van der Waals surface area (Å²) in [7, 11) is 0. The van der Waals surface area contributed by atoms with Crippen molar-refractivity contribution in [3.63, 3.8) is 0 Å². The van der Waals surface area contributed by atoms with Crippen LogP contribution in [0.15, 0.2) is 11.6 Å². The molecule has 0 bridgehead atoms. The van der Waals surface area contributed by atoms with E-state index in [0.717, 1.165) is 22.3 Å². The second kappa shape index (κ2) is 6.81. The number of hydrogen-bond donors (Lipinski definition) is 2. The first kappa shape index (κ1) is 14.9. The molecule has 2 aromatic heterocycles. The van der Waals surface area contributed by atoms with Crippen molar-refractivity contribution < 1.29 is 9.90 Å². The van der Waals surface area contributed by atoms with Crippen LogP contribution in [0.4, 0.5) is 5.13 Å². The fourth-order valence-electron chi connectivity index (χ4n) is 1.66. The number of carboxylic acids is 1. The third-order valence-electron chi connectivity index (χ3n) is 2.78. The highest BCUT2D eigenvalue weighted by molar-refractivity contribution is 7.13. The molecule has 20 heavy (non-hydrogen) atoms. The van der Waals surface area contributed by atoms with Crippen molar-refractivity contribution in [3.8, 4) is 0 Å². The van der Waals surface area contributed by atoms with Gasteiger partial charge in [0.05, 0.1) is 18.2 Å². The molecule has 108 valence electrons. The second-order valence-electron chi connectivity index (χ2n) is 4.42. The molecule has 2 heterocycles. The minimum Gasteiger partial charge on any atom is -0.481 e. The number of aliphatic carboxylic acids is 1. The Morgan fingerprint density at radius 3 is 3.00 bits per heavy atom. The molecule has 2 N–H and O–H groups in total. The van der Waals surface area contributed by atoms with Gasteiger partial charge in [0.2, 0.25) is 0 Å². The van der Waals surface area contributed by atoms with E-state index in [2.05, 4.69) is 29.1 Å². The molecule has 2 aromatic rings. The summed E-state index contributed by atoms with van der Waals surface area (Å²) in [4.78, 5) is 20.6. The monoisotopic (exact) mass is 311 g/mol. The van der Waals surface area contributed by atoms with Crippen LogP contribution in [0.1, 0.15) is 41.9 Å². The van der Waals surface area contributed by atoms with Gasteiger partial charge >= 0.3 is 5.97 Å². The van der Waals surface area contributed by atoms with Crippen molar-refractivity contribution in [1.29, 1.82) is 0 Å². The Labute approximate surface area is 125 Å². The largest absolute Gasteiger partial charge is 0.481 e. The fourth-order valence-corrected chi connectivity index (χ4v) is 3.35. The Bertz CT molecular complexity index is 580. The standard InChI is InChI=1S/C13H17N3O2S2/c1-3-10-6-14-12(20-10)8(2)15-13-16-9(7-19-13)4-5-11(17)18/h6-8H,3-5H2,1-2H3,(H,15,16)(H,17,18). The van der Waals surface area contributed by atoms with Gasteiger partial charge < -0.3 is 10.4 Å². The normalized spacial score (nSPS) is 12.3. The first-order chi connectivity index (χ1) is 9.58. The number of hydrogen-bond acceptors (Lipinski definition) is 6. The zero-order chi connectivity index (χ0) is 14.5. The average Bonchev–Trinajstić information content (AvgIpc) is 3.05. The van der Waals surface area contributed by atoms with E-state index in [1.165, 1.54) is 16.2 Å². The molecular weight excluding hydrogens is 294 g/mol. The smallest absolute Gasteiger partial charge is 0.303 e. The molecule has 1 atom stereocenters. The molecule has 0 spiro atoms. The number of carboxylic acid groups (broad SMARTS) is 1. The van der Waals surface area contributed by atoms with Gasteiger partial charge in [-0.25, -0.2) is 9.97 Å². The zero-order valence-electron chi connectivity index (χ0n) is 11.4.